The van der Waals surface area contributed by atoms with Gasteiger partial charge in [0.15, 0.2) is 0 Å². The number of hydrogen-bond donors (Lipinski definition) is 1. The molecule has 0 spiro atoms. The fraction of sp³-hybridized carbons (Fsp3) is 0.167. The van der Waals surface area contributed by atoms with E-state index in [0.717, 1.165) is 11.3 Å². The number of rotatable bonds is 2. The van der Waals surface area contributed by atoms with E-state index in [0.29, 0.717) is 5.56 Å². The van der Waals surface area contributed by atoms with E-state index in [1.54, 1.807) is 6.07 Å². The molecule has 0 aliphatic carbocycles. The molecule has 0 bridgehead atoms. The Kier molecular flexibility index (Phi) is 4.70. The summed E-state index contributed by atoms with van der Waals surface area (Å²) in [6.07, 6.45) is 0. The lowest BCUT2D eigenvalue weighted by atomic mass is 10.1. The first kappa shape index (κ1) is 15.5. The maximum absolute atomic E-state index is 11.7. The van der Waals surface area contributed by atoms with Gasteiger partial charge in [-0.1, -0.05) is 30.0 Å². The zero-order valence-electron chi connectivity index (χ0n) is 12.8. The standard InChI is InChI=1S/C18H17NO3/c1-19(2)16-12-17(20)15(18(21)22-3)11-14(16)10-9-13-7-5-4-6-8-13/h4-8,11-12,20H,1-3H3. The number of benzene rings is 2. The summed E-state index contributed by atoms with van der Waals surface area (Å²) in [6, 6.07) is 12.6. The third-order valence-electron chi connectivity index (χ3n) is 3.12. The van der Waals surface area contributed by atoms with Gasteiger partial charge in [-0.2, -0.15) is 0 Å². The molecule has 2 aromatic rings. The van der Waals surface area contributed by atoms with E-state index in [2.05, 4.69) is 16.6 Å². The summed E-state index contributed by atoms with van der Waals surface area (Å²) in [7, 11) is 4.97. The third-order valence-corrected chi connectivity index (χ3v) is 3.12. The summed E-state index contributed by atoms with van der Waals surface area (Å²) in [4.78, 5) is 13.5. The largest absolute Gasteiger partial charge is 0.507 e. The van der Waals surface area contributed by atoms with Crippen LogP contribution in [-0.4, -0.2) is 32.3 Å². The van der Waals surface area contributed by atoms with Gasteiger partial charge in [0.25, 0.3) is 0 Å². The number of aromatic hydroxyl groups is 1. The van der Waals surface area contributed by atoms with Crippen molar-refractivity contribution in [2.45, 2.75) is 0 Å². The van der Waals surface area contributed by atoms with Gasteiger partial charge in [-0.05, 0) is 18.2 Å². The highest BCUT2D eigenvalue weighted by Gasteiger charge is 2.16. The van der Waals surface area contributed by atoms with Gasteiger partial charge in [-0.25, -0.2) is 4.79 Å². The molecule has 2 aromatic carbocycles. The molecular weight excluding hydrogens is 278 g/mol. The number of anilines is 1. The van der Waals surface area contributed by atoms with Crippen molar-refractivity contribution in [1.29, 1.82) is 0 Å². The molecule has 0 aliphatic heterocycles. The third kappa shape index (κ3) is 3.39. The SMILES string of the molecule is COC(=O)c1cc(C#Cc2ccccc2)c(N(C)C)cc1O. The highest BCUT2D eigenvalue weighted by molar-refractivity contribution is 5.94. The Morgan fingerprint density at radius 1 is 1.14 bits per heavy atom. The van der Waals surface area contributed by atoms with E-state index in [-0.39, 0.29) is 11.3 Å². The van der Waals surface area contributed by atoms with E-state index >= 15 is 0 Å². The molecular formula is C18H17NO3. The van der Waals surface area contributed by atoms with Crippen LogP contribution in [0.3, 0.4) is 0 Å². The van der Waals surface area contributed by atoms with Crippen molar-refractivity contribution in [2.24, 2.45) is 0 Å². The fourth-order valence-electron chi connectivity index (χ4n) is 1.98. The van der Waals surface area contributed by atoms with Gasteiger partial charge in [-0.15, -0.1) is 0 Å². The van der Waals surface area contributed by atoms with Gasteiger partial charge in [0.1, 0.15) is 11.3 Å². The quantitative estimate of drug-likeness (QED) is 0.683. The zero-order valence-corrected chi connectivity index (χ0v) is 12.8. The smallest absolute Gasteiger partial charge is 0.341 e. The predicted molar refractivity (Wildman–Crippen MR) is 86.2 cm³/mol. The van der Waals surface area contributed by atoms with Gasteiger partial charge in [0, 0.05) is 31.3 Å². The number of ether oxygens (including phenoxy) is 1. The number of carbonyl (C=O) groups is 1. The van der Waals surface area contributed by atoms with Crippen LogP contribution in [0.1, 0.15) is 21.5 Å². The lowest BCUT2D eigenvalue weighted by molar-refractivity contribution is 0.0597. The number of hydrogen-bond acceptors (Lipinski definition) is 4. The molecule has 0 aromatic heterocycles. The average molecular weight is 295 g/mol. The Labute approximate surface area is 130 Å². The molecule has 0 amide bonds. The van der Waals surface area contributed by atoms with Crippen molar-refractivity contribution in [3.05, 3.63) is 59.2 Å². The van der Waals surface area contributed by atoms with Crippen LogP contribution >= 0.6 is 0 Å². The van der Waals surface area contributed by atoms with E-state index in [4.69, 9.17) is 0 Å². The average Bonchev–Trinajstić information content (AvgIpc) is 2.53. The highest BCUT2D eigenvalue weighted by Crippen LogP contribution is 2.28. The molecule has 0 unspecified atom stereocenters. The Balaban J connectivity index is 2.53. The van der Waals surface area contributed by atoms with E-state index in [1.807, 2.05) is 49.3 Å². The molecule has 112 valence electrons. The minimum absolute atomic E-state index is 0.102. The molecule has 0 atom stereocenters. The number of carbonyl (C=O) groups excluding carboxylic acids is 1. The van der Waals surface area contributed by atoms with Crippen LogP contribution in [0.4, 0.5) is 5.69 Å². The van der Waals surface area contributed by atoms with E-state index in [1.165, 1.54) is 13.2 Å². The first-order valence-electron chi connectivity index (χ1n) is 6.72. The van der Waals surface area contributed by atoms with E-state index < -0.39 is 5.97 Å². The van der Waals surface area contributed by atoms with Crippen LogP contribution in [0.15, 0.2) is 42.5 Å². The Hall–Kier alpha value is -2.93. The normalized spacial score (nSPS) is 9.59. The van der Waals surface area contributed by atoms with Gasteiger partial charge >= 0.3 is 5.97 Å². The molecule has 4 nitrogen and oxygen atoms in total. The molecule has 0 radical (unpaired) electrons. The summed E-state index contributed by atoms with van der Waals surface area (Å²) in [6.45, 7) is 0. The lowest BCUT2D eigenvalue weighted by Gasteiger charge is -2.16. The molecule has 0 fully saturated rings. The van der Waals surface area contributed by atoms with Crippen molar-refractivity contribution in [1.82, 2.24) is 0 Å². The maximum atomic E-state index is 11.7. The second-order valence-corrected chi connectivity index (χ2v) is 4.89. The second kappa shape index (κ2) is 6.68. The van der Waals surface area contributed by atoms with Crippen LogP contribution in [0.25, 0.3) is 0 Å². The molecule has 4 heteroatoms. The van der Waals surface area contributed by atoms with Gasteiger partial charge in [0.05, 0.1) is 12.8 Å². The summed E-state index contributed by atoms with van der Waals surface area (Å²) < 4.78 is 4.67. The summed E-state index contributed by atoms with van der Waals surface area (Å²) in [5, 5.41) is 9.98. The zero-order chi connectivity index (χ0) is 16.1. The molecule has 0 saturated heterocycles. The summed E-state index contributed by atoms with van der Waals surface area (Å²) >= 11 is 0. The molecule has 22 heavy (non-hydrogen) atoms. The van der Waals surface area contributed by atoms with Crippen LogP contribution in [0.2, 0.25) is 0 Å². The first-order chi connectivity index (χ1) is 10.5. The van der Waals surface area contributed by atoms with Crippen molar-refractivity contribution >= 4 is 11.7 Å². The summed E-state index contributed by atoms with van der Waals surface area (Å²) in [5.41, 5.74) is 2.35. The number of nitrogens with zero attached hydrogens (tertiary/aromatic N) is 1. The van der Waals surface area contributed by atoms with Crippen molar-refractivity contribution in [2.75, 3.05) is 26.1 Å². The fourth-order valence-corrected chi connectivity index (χ4v) is 1.98. The Morgan fingerprint density at radius 2 is 1.82 bits per heavy atom. The topological polar surface area (TPSA) is 49.8 Å². The maximum Gasteiger partial charge on any atom is 0.341 e. The van der Waals surface area contributed by atoms with Crippen LogP contribution in [0, 0.1) is 11.8 Å². The number of esters is 1. The van der Waals surface area contributed by atoms with Crippen molar-refractivity contribution < 1.29 is 14.6 Å². The second-order valence-electron chi connectivity index (χ2n) is 4.89. The molecule has 0 aliphatic rings. The summed E-state index contributed by atoms with van der Waals surface area (Å²) in [5.74, 6) is 5.38. The van der Waals surface area contributed by atoms with Gasteiger partial charge in [-0.3, -0.25) is 0 Å². The Bertz CT molecular complexity index is 740. The number of methoxy groups -OCH3 is 1. The molecule has 1 N–H and O–H groups in total. The first-order valence-corrected chi connectivity index (χ1v) is 6.72. The molecule has 2 rings (SSSR count). The van der Waals surface area contributed by atoms with Gasteiger partial charge in [0.2, 0.25) is 0 Å². The van der Waals surface area contributed by atoms with Crippen molar-refractivity contribution in [3.8, 4) is 17.6 Å². The minimum Gasteiger partial charge on any atom is -0.507 e. The Morgan fingerprint density at radius 3 is 2.41 bits per heavy atom. The number of phenols is 1. The lowest BCUT2D eigenvalue weighted by Crippen LogP contribution is -2.12. The predicted octanol–water partition coefficient (Wildman–Crippen LogP) is 2.64. The molecule has 0 saturated carbocycles. The monoisotopic (exact) mass is 295 g/mol. The number of phenolic OH excluding ortho intramolecular Hbond substituents is 1. The van der Waals surface area contributed by atoms with E-state index in [9.17, 15) is 9.90 Å². The minimum atomic E-state index is -0.592. The van der Waals surface area contributed by atoms with Gasteiger partial charge < -0.3 is 14.7 Å². The van der Waals surface area contributed by atoms with Crippen LogP contribution < -0.4 is 4.90 Å². The highest BCUT2D eigenvalue weighted by atomic mass is 16.5. The van der Waals surface area contributed by atoms with Crippen LogP contribution in [-0.2, 0) is 4.74 Å². The van der Waals surface area contributed by atoms with Crippen molar-refractivity contribution in [3.63, 3.8) is 0 Å². The van der Waals surface area contributed by atoms with Crippen LogP contribution in [0.5, 0.6) is 5.75 Å². The molecule has 0 heterocycles.